The maximum Gasteiger partial charge on any atom is 0.243 e. The number of hydrogen-bond acceptors (Lipinski definition) is 10. The van der Waals surface area contributed by atoms with Gasteiger partial charge in [0.15, 0.2) is 5.96 Å². The second-order valence-corrected chi connectivity index (χ2v) is 14.6. The number of hydrogen-bond donors (Lipinski definition) is 12. The van der Waals surface area contributed by atoms with E-state index in [0.717, 1.165) is 12.8 Å². The predicted octanol–water partition coefficient (Wildman–Crippen LogP) is -2.25. The third-order valence-electron chi connectivity index (χ3n) is 9.63. The highest BCUT2D eigenvalue weighted by atomic mass is 16.2. The van der Waals surface area contributed by atoms with E-state index in [9.17, 15) is 38.4 Å². The average Bonchev–Trinajstić information content (AvgIpc) is 3.72. The number of amides is 8. The number of nitrogens with zero attached hydrogens (tertiary/aromatic N) is 1. The quantitative estimate of drug-likeness (QED) is 0.0487. The molecule has 1 unspecified atom stereocenters. The van der Waals surface area contributed by atoms with Crippen molar-refractivity contribution in [3.05, 3.63) is 54.1 Å². The van der Waals surface area contributed by atoms with E-state index in [1.165, 1.54) is 19.4 Å². The summed E-state index contributed by atoms with van der Waals surface area (Å²) < 4.78 is 0. The van der Waals surface area contributed by atoms with Gasteiger partial charge in [-0.2, -0.15) is 0 Å². The Morgan fingerprint density at radius 3 is 2.18 bits per heavy atom. The molecular formula is C39H59N13O8. The van der Waals surface area contributed by atoms with Crippen molar-refractivity contribution in [1.82, 2.24) is 52.5 Å². The Balaban J connectivity index is 2.06. The van der Waals surface area contributed by atoms with E-state index >= 15 is 0 Å². The number of carbonyl (C=O) groups excluding carboxylic acids is 8. The molecule has 1 fully saturated rings. The number of carbonyl (C=O) groups is 8. The third-order valence-corrected chi connectivity index (χ3v) is 9.63. The van der Waals surface area contributed by atoms with Crippen LogP contribution < -0.4 is 54.0 Å². The molecule has 60 heavy (non-hydrogen) atoms. The Kier molecular flexibility index (Phi) is 20.0. The predicted molar refractivity (Wildman–Crippen MR) is 219 cm³/mol. The fourth-order valence-electron chi connectivity index (χ4n) is 6.21. The Labute approximate surface area is 348 Å². The summed E-state index contributed by atoms with van der Waals surface area (Å²) in [4.78, 5) is 115. The van der Waals surface area contributed by atoms with Crippen LogP contribution in [-0.4, -0.2) is 113 Å². The number of unbranched alkanes of at least 4 members (excludes halogenated alkanes) is 2. The van der Waals surface area contributed by atoms with Crippen molar-refractivity contribution < 1.29 is 38.4 Å². The lowest BCUT2D eigenvalue weighted by atomic mass is 10.0. The van der Waals surface area contributed by atoms with Crippen molar-refractivity contribution in [2.24, 2.45) is 11.5 Å². The number of nitrogens with one attached hydrogen (secondary N) is 10. The van der Waals surface area contributed by atoms with Crippen LogP contribution in [0.5, 0.6) is 0 Å². The van der Waals surface area contributed by atoms with Crippen LogP contribution in [0.2, 0.25) is 0 Å². The summed E-state index contributed by atoms with van der Waals surface area (Å²) in [7, 11) is 0. The number of benzene rings is 1. The van der Waals surface area contributed by atoms with Gasteiger partial charge in [0.1, 0.15) is 36.3 Å². The molecular weight excluding hydrogens is 779 g/mol. The Hall–Kier alpha value is -6.54. The van der Waals surface area contributed by atoms with Gasteiger partial charge >= 0.3 is 0 Å². The number of imidazole rings is 1. The Morgan fingerprint density at radius 2 is 1.53 bits per heavy atom. The van der Waals surface area contributed by atoms with Crippen molar-refractivity contribution >= 4 is 53.2 Å². The molecule has 0 saturated carbocycles. The van der Waals surface area contributed by atoms with Gasteiger partial charge in [-0.25, -0.2) is 4.98 Å². The Morgan fingerprint density at radius 1 is 0.867 bits per heavy atom. The molecule has 0 bridgehead atoms. The molecule has 328 valence electrons. The molecule has 14 N–H and O–H groups in total. The minimum absolute atomic E-state index is 0.0178. The van der Waals surface area contributed by atoms with E-state index in [-0.39, 0.29) is 70.4 Å². The van der Waals surface area contributed by atoms with Gasteiger partial charge in [0, 0.05) is 45.0 Å². The first-order valence-electron chi connectivity index (χ1n) is 20.1. The van der Waals surface area contributed by atoms with Gasteiger partial charge in [-0.15, -0.1) is 0 Å². The molecule has 3 rings (SSSR count). The van der Waals surface area contributed by atoms with E-state index in [0.29, 0.717) is 17.7 Å². The number of aromatic nitrogens is 2. The van der Waals surface area contributed by atoms with Crippen molar-refractivity contribution in [3.8, 4) is 0 Å². The van der Waals surface area contributed by atoms with Crippen LogP contribution in [0.4, 0.5) is 0 Å². The van der Waals surface area contributed by atoms with E-state index in [4.69, 9.17) is 16.9 Å². The van der Waals surface area contributed by atoms with Crippen LogP contribution in [0.25, 0.3) is 0 Å². The number of primary amides is 1. The molecule has 0 radical (unpaired) electrons. The number of aromatic amines is 1. The van der Waals surface area contributed by atoms with Gasteiger partial charge in [-0.3, -0.25) is 43.8 Å². The molecule has 1 aliphatic rings. The van der Waals surface area contributed by atoms with Gasteiger partial charge in [-0.1, -0.05) is 50.1 Å². The standard InChI is InChI=1S/C39H59N13O8/c1-3-4-6-13-32(54)48-27-14-15-31(53)44-18-16-28(34(56)47-23(2)33(40)55)50-35(57)26(12-9-17-45-39(41)42)49-37(59)29(19-24-10-7-5-8-11-24)51-38(60)30(52-36(27)58)20-25-21-43-22-46-25/h5,7-8,10-11,21-23,26-30H,3-4,6,9,12-20H2,1-2H3,(H2,40,55)(H,43,46)(H,44,53)(H,47,56)(H,48,54)(H,49,59)(H,50,57)(H,51,60)(H,52,58)(H4,41,42,45)/t23-,26-,27-,28?,29+,30-/m0/s1. The maximum atomic E-state index is 14.2. The molecule has 2 aromatic rings. The lowest BCUT2D eigenvalue weighted by Crippen LogP contribution is -2.60. The molecule has 21 nitrogen and oxygen atoms in total. The fraction of sp³-hybridized carbons (Fsp3) is 0.538. The van der Waals surface area contributed by atoms with Crippen LogP contribution in [0.15, 0.2) is 42.9 Å². The second-order valence-electron chi connectivity index (χ2n) is 14.6. The fourth-order valence-corrected chi connectivity index (χ4v) is 6.21. The van der Waals surface area contributed by atoms with Crippen molar-refractivity contribution in [2.45, 2.75) is 121 Å². The highest BCUT2D eigenvalue weighted by Crippen LogP contribution is 2.10. The Bertz CT molecular complexity index is 1780. The molecule has 1 saturated heterocycles. The SMILES string of the molecule is CCCCCC(=O)N[C@H]1CCC(=O)NCCC(C(=O)N[C@@H](C)C(N)=O)NC(=O)[C@H](CCCNC(=N)N)NC(=O)[C@@H](Cc2ccccc2)NC(=O)[C@H](Cc2c[nH]cn2)NC1=O. The van der Waals surface area contributed by atoms with Gasteiger partial charge in [-0.05, 0) is 44.6 Å². The first-order valence-corrected chi connectivity index (χ1v) is 20.1. The smallest absolute Gasteiger partial charge is 0.243 e. The van der Waals surface area contributed by atoms with Crippen LogP contribution in [0.3, 0.4) is 0 Å². The van der Waals surface area contributed by atoms with E-state index < -0.39 is 83.5 Å². The lowest BCUT2D eigenvalue weighted by Gasteiger charge is -2.27. The highest BCUT2D eigenvalue weighted by molar-refractivity contribution is 5.97. The summed E-state index contributed by atoms with van der Waals surface area (Å²) in [5, 5.41) is 28.6. The zero-order valence-electron chi connectivity index (χ0n) is 34.1. The molecule has 1 aliphatic heterocycles. The summed E-state index contributed by atoms with van der Waals surface area (Å²) in [6.45, 7) is 3.34. The number of H-pyrrole nitrogens is 1. The molecule has 1 aromatic carbocycles. The highest BCUT2D eigenvalue weighted by Gasteiger charge is 2.34. The van der Waals surface area contributed by atoms with E-state index in [1.54, 1.807) is 30.3 Å². The molecule has 1 aromatic heterocycles. The molecule has 8 amide bonds. The van der Waals surface area contributed by atoms with Crippen LogP contribution in [-0.2, 0) is 51.2 Å². The van der Waals surface area contributed by atoms with Crippen molar-refractivity contribution in [3.63, 3.8) is 0 Å². The molecule has 2 heterocycles. The number of guanidine groups is 1. The third kappa shape index (κ3) is 17.1. The largest absolute Gasteiger partial charge is 0.370 e. The minimum Gasteiger partial charge on any atom is -0.370 e. The molecule has 6 atom stereocenters. The topological polar surface area (TPSA) is 337 Å². The summed E-state index contributed by atoms with van der Waals surface area (Å²) in [6, 6.07) is 1.14. The summed E-state index contributed by atoms with van der Waals surface area (Å²) in [6.07, 6.45) is 4.74. The summed E-state index contributed by atoms with van der Waals surface area (Å²) in [5.41, 5.74) is 11.8. The van der Waals surface area contributed by atoms with Crippen LogP contribution in [0, 0.1) is 5.41 Å². The van der Waals surface area contributed by atoms with Crippen molar-refractivity contribution in [1.29, 1.82) is 5.41 Å². The average molecular weight is 838 g/mol. The summed E-state index contributed by atoms with van der Waals surface area (Å²) in [5.74, 6) is -6.01. The van der Waals surface area contributed by atoms with Crippen LogP contribution in [0.1, 0.15) is 82.9 Å². The zero-order valence-corrected chi connectivity index (χ0v) is 34.1. The maximum absolute atomic E-state index is 14.2. The monoisotopic (exact) mass is 837 g/mol. The number of nitrogens with two attached hydrogens (primary N) is 2. The molecule has 21 heteroatoms. The number of rotatable bonds is 16. The first kappa shape index (κ1) is 47.8. The molecule has 0 spiro atoms. The van der Waals surface area contributed by atoms with E-state index in [1.807, 2.05) is 6.92 Å². The lowest BCUT2D eigenvalue weighted by molar-refractivity contribution is -0.135. The summed E-state index contributed by atoms with van der Waals surface area (Å²) >= 11 is 0. The van der Waals surface area contributed by atoms with Gasteiger partial charge in [0.2, 0.25) is 47.3 Å². The minimum atomic E-state index is -1.33. The molecule has 0 aliphatic carbocycles. The van der Waals surface area contributed by atoms with Crippen LogP contribution >= 0.6 is 0 Å². The van der Waals surface area contributed by atoms with Gasteiger partial charge in [0.05, 0.1) is 12.0 Å². The normalized spacial score (nSPS) is 21.5. The second kappa shape index (κ2) is 25.1. The van der Waals surface area contributed by atoms with Crippen molar-refractivity contribution in [2.75, 3.05) is 13.1 Å². The van der Waals surface area contributed by atoms with E-state index in [2.05, 4.69) is 52.5 Å². The zero-order chi connectivity index (χ0) is 44.0. The van der Waals surface area contributed by atoms with Gasteiger partial charge < -0.3 is 59.0 Å². The van der Waals surface area contributed by atoms with Gasteiger partial charge in [0.25, 0.3) is 0 Å². The first-order chi connectivity index (χ1) is 28.7.